The van der Waals surface area contributed by atoms with Crippen molar-refractivity contribution in [3.05, 3.63) is 94.5 Å². The third kappa shape index (κ3) is 7.23. The molecule has 4 rings (SSSR count). The number of amides is 1. The Balaban J connectivity index is 1.34. The van der Waals surface area contributed by atoms with E-state index in [1.54, 1.807) is 14.2 Å². The van der Waals surface area contributed by atoms with Crippen molar-refractivity contribution in [2.45, 2.75) is 19.1 Å². The molecular weight excluding hydrogens is 476 g/mol. The Morgan fingerprint density at radius 3 is 2.22 bits per heavy atom. The van der Waals surface area contributed by atoms with Gasteiger partial charge in [0.15, 0.2) is 0 Å². The number of hydrogen-bond acceptors (Lipinski definition) is 5. The van der Waals surface area contributed by atoms with Gasteiger partial charge in [0.25, 0.3) is 0 Å². The monoisotopic (exact) mass is 508 g/mol. The van der Waals surface area contributed by atoms with E-state index in [0.717, 1.165) is 47.8 Å². The molecule has 3 aromatic carbocycles. The summed E-state index contributed by atoms with van der Waals surface area (Å²) in [5.41, 5.74) is 3.14. The molecule has 1 saturated heterocycles. The fourth-order valence-electron chi connectivity index (χ4n) is 4.33. The van der Waals surface area contributed by atoms with Crippen LogP contribution in [0.5, 0.6) is 11.5 Å². The average Bonchev–Trinajstić information content (AvgIpc) is 2.92. The van der Waals surface area contributed by atoms with Gasteiger partial charge in [0.1, 0.15) is 11.5 Å². The summed E-state index contributed by atoms with van der Waals surface area (Å²) in [6, 6.07) is 23.4. The summed E-state index contributed by atoms with van der Waals surface area (Å²) in [5, 5.41) is 0.703. The van der Waals surface area contributed by atoms with Gasteiger partial charge >= 0.3 is 0 Å². The zero-order valence-corrected chi connectivity index (χ0v) is 21.6. The van der Waals surface area contributed by atoms with Gasteiger partial charge in [-0.25, -0.2) is 0 Å². The maximum absolute atomic E-state index is 12.8. The Kier molecular flexibility index (Phi) is 9.23. The van der Waals surface area contributed by atoms with Crippen LogP contribution in [0.4, 0.5) is 0 Å². The highest BCUT2D eigenvalue weighted by molar-refractivity contribution is 6.30. The minimum absolute atomic E-state index is 0.116. The lowest BCUT2D eigenvalue weighted by Gasteiger charge is -2.36. The first-order valence-electron chi connectivity index (χ1n) is 12.2. The first-order chi connectivity index (χ1) is 17.5. The van der Waals surface area contributed by atoms with Crippen LogP contribution in [0.15, 0.2) is 72.8 Å². The van der Waals surface area contributed by atoms with Crippen molar-refractivity contribution in [3.8, 4) is 11.5 Å². The number of carbonyl (C=O) groups is 1. The second kappa shape index (κ2) is 12.8. The van der Waals surface area contributed by atoms with Gasteiger partial charge in [-0.05, 0) is 53.1 Å². The molecule has 36 heavy (non-hydrogen) atoms. The number of ether oxygens (including phenoxy) is 3. The fourth-order valence-corrected chi connectivity index (χ4v) is 4.46. The van der Waals surface area contributed by atoms with E-state index < -0.39 is 0 Å². The zero-order chi connectivity index (χ0) is 25.3. The molecule has 7 heteroatoms. The van der Waals surface area contributed by atoms with Crippen LogP contribution in [-0.2, 0) is 22.6 Å². The number of nitrogens with zero attached hydrogens (tertiary/aromatic N) is 2. The van der Waals surface area contributed by atoms with Gasteiger partial charge in [-0.1, -0.05) is 48.0 Å². The zero-order valence-electron chi connectivity index (χ0n) is 20.9. The smallest absolute Gasteiger partial charge is 0.227 e. The van der Waals surface area contributed by atoms with Crippen LogP contribution in [0.3, 0.4) is 0 Å². The highest BCUT2D eigenvalue weighted by Gasteiger charge is 2.24. The van der Waals surface area contributed by atoms with Crippen LogP contribution < -0.4 is 9.47 Å². The summed E-state index contributed by atoms with van der Waals surface area (Å²) < 4.78 is 16.9. The van der Waals surface area contributed by atoms with E-state index in [1.807, 2.05) is 77.7 Å². The van der Waals surface area contributed by atoms with Crippen LogP contribution in [0.2, 0.25) is 5.02 Å². The Morgan fingerprint density at radius 2 is 1.56 bits per heavy atom. The molecule has 1 aliphatic heterocycles. The number of halogens is 1. The number of rotatable bonds is 10. The molecule has 0 radical (unpaired) electrons. The fraction of sp³-hybridized carbons (Fsp3) is 0.345. The van der Waals surface area contributed by atoms with Crippen LogP contribution in [0.1, 0.15) is 22.8 Å². The third-order valence-electron chi connectivity index (χ3n) is 6.49. The molecule has 1 amide bonds. The molecule has 1 atom stereocenters. The lowest BCUT2D eigenvalue weighted by atomic mass is 10.1. The normalized spacial score (nSPS) is 14.9. The van der Waals surface area contributed by atoms with Gasteiger partial charge in [-0.2, -0.15) is 0 Å². The highest BCUT2D eigenvalue weighted by Crippen LogP contribution is 2.24. The quantitative estimate of drug-likeness (QED) is 0.385. The van der Waals surface area contributed by atoms with E-state index >= 15 is 0 Å². The summed E-state index contributed by atoms with van der Waals surface area (Å²) in [4.78, 5) is 17.2. The lowest BCUT2D eigenvalue weighted by molar-refractivity contribution is -0.132. The molecule has 1 aliphatic rings. The van der Waals surface area contributed by atoms with Gasteiger partial charge in [0.05, 0.1) is 33.4 Å². The molecule has 0 aliphatic carbocycles. The molecule has 0 spiro atoms. The molecule has 0 bridgehead atoms. The predicted molar refractivity (Wildman–Crippen MR) is 142 cm³/mol. The molecule has 6 nitrogen and oxygen atoms in total. The lowest BCUT2D eigenvalue weighted by Crippen LogP contribution is -2.50. The van der Waals surface area contributed by atoms with Crippen molar-refractivity contribution >= 4 is 17.5 Å². The summed E-state index contributed by atoms with van der Waals surface area (Å²) >= 11 is 6.12. The molecule has 0 saturated carbocycles. The first kappa shape index (κ1) is 26.0. The van der Waals surface area contributed by atoms with Crippen molar-refractivity contribution in [2.75, 3.05) is 46.9 Å². The van der Waals surface area contributed by atoms with E-state index in [1.165, 1.54) is 0 Å². The molecule has 1 unspecified atom stereocenters. The largest absolute Gasteiger partial charge is 0.497 e. The van der Waals surface area contributed by atoms with Crippen molar-refractivity contribution in [1.82, 2.24) is 9.80 Å². The Hall–Kier alpha value is -3.06. The third-order valence-corrected chi connectivity index (χ3v) is 6.74. The molecule has 0 N–H and O–H groups in total. The SMILES string of the molecule is COc1ccc(CC(=O)N2CCN(CC(OCc3cccc(OC)c3)c3ccc(Cl)cc3)CC2)cc1. The maximum atomic E-state index is 12.8. The number of piperazine rings is 1. The van der Waals surface area contributed by atoms with Crippen LogP contribution >= 0.6 is 11.6 Å². The van der Waals surface area contributed by atoms with Crippen LogP contribution in [0.25, 0.3) is 0 Å². The maximum Gasteiger partial charge on any atom is 0.227 e. The Bertz CT molecular complexity index is 1110. The van der Waals surface area contributed by atoms with E-state index in [-0.39, 0.29) is 12.0 Å². The van der Waals surface area contributed by atoms with Gasteiger partial charge in [-0.3, -0.25) is 9.69 Å². The van der Waals surface area contributed by atoms with E-state index in [2.05, 4.69) is 4.90 Å². The molecule has 3 aromatic rings. The van der Waals surface area contributed by atoms with Crippen molar-refractivity contribution in [3.63, 3.8) is 0 Å². The van der Waals surface area contributed by atoms with Crippen LogP contribution in [0, 0.1) is 0 Å². The highest BCUT2D eigenvalue weighted by atomic mass is 35.5. The van der Waals surface area contributed by atoms with Gasteiger partial charge in [0, 0.05) is 37.7 Å². The second-order valence-corrected chi connectivity index (χ2v) is 9.35. The summed E-state index contributed by atoms with van der Waals surface area (Å²) in [7, 11) is 3.30. The van der Waals surface area contributed by atoms with Gasteiger partial charge in [0.2, 0.25) is 5.91 Å². The average molecular weight is 509 g/mol. The minimum atomic E-state index is -0.116. The Labute approximate surface area is 218 Å². The van der Waals surface area contributed by atoms with Crippen LogP contribution in [-0.4, -0.2) is 62.7 Å². The van der Waals surface area contributed by atoms with E-state index in [0.29, 0.717) is 31.1 Å². The molecule has 1 heterocycles. The first-order valence-corrected chi connectivity index (χ1v) is 12.5. The van der Waals surface area contributed by atoms with E-state index in [9.17, 15) is 4.79 Å². The number of benzene rings is 3. The summed E-state index contributed by atoms with van der Waals surface area (Å²) in [6.07, 6.45) is 0.288. The van der Waals surface area contributed by atoms with E-state index in [4.69, 9.17) is 25.8 Å². The second-order valence-electron chi connectivity index (χ2n) is 8.91. The predicted octanol–water partition coefficient (Wildman–Crippen LogP) is 5.00. The topological polar surface area (TPSA) is 51.2 Å². The van der Waals surface area contributed by atoms with Gasteiger partial charge in [-0.15, -0.1) is 0 Å². The number of methoxy groups -OCH3 is 2. The van der Waals surface area contributed by atoms with Crippen molar-refractivity contribution in [2.24, 2.45) is 0 Å². The molecular formula is C29H33ClN2O4. The summed E-state index contributed by atoms with van der Waals surface area (Å²) in [5.74, 6) is 1.77. The molecule has 0 aromatic heterocycles. The molecule has 190 valence electrons. The number of carbonyl (C=O) groups excluding carboxylic acids is 1. The summed E-state index contributed by atoms with van der Waals surface area (Å²) in [6.45, 7) is 4.25. The van der Waals surface area contributed by atoms with Crippen molar-refractivity contribution < 1.29 is 19.0 Å². The molecule has 1 fully saturated rings. The Morgan fingerprint density at radius 1 is 0.861 bits per heavy atom. The van der Waals surface area contributed by atoms with Crippen molar-refractivity contribution in [1.29, 1.82) is 0 Å². The standard InChI is InChI=1S/C29H33ClN2O4/c1-34-26-12-6-22(7-13-26)19-29(33)32-16-14-31(15-17-32)20-28(24-8-10-25(30)11-9-24)36-21-23-4-3-5-27(18-23)35-2/h3-13,18,28H,14-17,19-21H2,1-2H3. The number of hydrogen-bond donors (Lipinski definition) is 0. The van der Waals surface area contributed by atoms with Gasteiger partial charge < -0.3 is 19.1 Å². The minimum Gasteiger partial charge on any atom is -0.497 e.